The van der Waals surface area contributed by atoms with Gasteiger partial charge in [-0.15, -0.1) is 11.6 Å². The van der Waals surface area contributed by atoms with Crippen molar-refractivity contribution in [1.82, 2.24) is 10.3 Å². The minimum Gasteiger partial charge on any atom is -0.445 e. The quantitative estimate of drug-likeness (QED) is 0.860. The maximum Gasteiger partial charge on any atom is 0.407 e. The van der Waals surface area contributed by atoms with E-state index in [2.05, 4.69) is 10.3 Å². The van der Waals surface area contributed by atoms with Crippen molar-refractivity contribution >= 4 is 17.7 Å². The van der Waals surface area contributed by atoms with Crippen molar-refractivity contribution in [3.05, 3.63) is 65.5 Å². The van der Waals surface area contributed by atoms with Crippen LogP contribution in [-0.2, 0) is 23.8 Å². The summed E-state index contributed by atoms with van der Waals surface area (Å²) in [6, 6.07) is 11.4. The lowest BCUT2D eigenvalue weighted by Gasteiger charge is -2.07. The van der Waals surface area contributed by atoms with Gasteiger partial charge in [0, 0.05) is 24.8 Å². The zero-order chi connectivity index (χ0) is 14.2. The molecule has 0 saturated heterocycles. The van der Waals surface area contributed by atoms with Crippen LogP contribution in [0, 0.1) is 0 Å². The third-order valence-electron chi connectivity index (χ3n) is 2.66. The second-order valence-electron chi connectivity index (χ2n) is 4.25. The summed E-state index contributed by atoms with van der Waals surface area (Å²) in [7, 11) is 0. The predicted molar refractivity (Wildman–Crippen MR) is 77.3 cm³/mol. The first-order valence-corrected chi connectivity index (χ1v) is 6.74. The molecule has 0 aliphatic heterocycles. The van der Waals surface area contributed by atoms with Crippen LogP contribution in [0.3, 0.4) is 0 Å². The fourth-order valence-corrected chi connectivity index (χ4v) is 1.81. The Balaban J connectivity index is 1.77. The number of rotatable bonds is 5. The first-order valence-electron chi connectivity index (χ1n) is 6.21. The Kier molecular flexibility index (Phi) is 5.38. The molecule has 5 heteroatoms. The van der Waals surface area contributed by atoms with Crippen LogP contribution in [0.25, 0.3) is 0 Å². The van der Waals surface area contributed by atoms with E-state index in [9.17, 15) is 4.79 Å². The van der Waals surface area contributed by atoms with E-state index in [1.807, 2.05) is 36.4 Å². The van der Waals surface area contributed by atoms with Crippen LogP contribution in [0.2, 0.25) is 0 Å². The SMILES string of the molecule is O=C(NCc1cncc(CCl)c1)OCc1ccccc1. The van der Waals surface area contributed by atoms with Gasteiger partial charge in [0.25, 0.3) is 0 Å². The fourth-order valence-electron chi connectivity index (χ4n) is 1.66. The number of pyridine rings is 1. The van der Waals surface area contributed by atoms with Crippen molar-refractivity contribution in [3.63, 3.8) is 0 Å². The number of hydrogen-bond acceptors (Lipinski definition) is 3. The van der Waals surface area contributed by atoms with Crippen LogP contribution in [0.5, 0.6) is 0 Å². The van der Waals surface area contributed by atoms with Crippen molar-refractivity contribution in [2.75, 3.05) is 0 Å². The van der Waals surface area contributed by atoms with Gasteiger partial charge in [-0.1, -0.05) is 30.3 Å². The fraction of sp³-hybridized carbons (Fsp3) is 0.200. The molecule has 1 heterocycles. The molecule has 1 aromatic carbocycles. The summed E-state index contributed by atoms with van der Waals surface area (Å²) in [6.45, 7) is 0.623. The Bertz CT molecular complexity index is 561. The number of carbonyl (C=O) groups excluding carboxylic acids is 1. The maximum atomic E-state index is 11.6. The molecule has 0 spiro atoms. The van der Waals surface area contributed by atoms with Gasteiger partial charge < -0.3 is 10.1 Å². The molecule has 1 amide bonds. The van der Waals surface area contributed by atoms with E-state index >= 15 is 0 Å². The Labute approximate surface area is 122 Å². The summed E-state index contributed by atoms with van der Waals surface area (Å²) in [5, 5.41) is 2.68. The molecule has 1 N–H and O–H groups in total. The molecule has 0 atom stereocenters. The molecule has 0 aliphatic carbocycles. The normalized spacial score (nSPS) is 10.1. The van der Waals surface area contributed by atoms with Crippen molar-refractivity contribution in [2.24, 2.45) is 0 Å². The van der Waals surface area contributed by atoms with E-state index < -0.39 is 6.09 Å². The lowest BCUT2D eigenvalue weighted by molar-refractivity contribution is 0.139. The number of benzene rings is 1. The number of halogens is 1. The summed E-state index contributed by atoms with van der Waals surface area (Å²) < 4.78 is 5.11. The lowest BCUT2D eigenvalue weighted by atomic mass is 10.2. The van der Waals surface area contributed by atoms with Crippen LogP contribution in [0.1, 0.15) is 16.7 Å². The van der Waals surface area contributed by atoms with Crippen molar-refractivity contribution < 1.29 is 9.53 Å². The average Bonchev–Trinajstić information content (AvgIpc) is 2.52. The zero-order valence-electron chi connectivity index (χ0n) is 10.9. The first-order chi connectivity index (χ1) is 9.78. The van der Waals surface area contributed by atoms with E-state index in [1.54, 1.807) is 12.4 Å². The van der Waals surface area contributed by atoms with E-state index in [-0.39, 0.29) is 6.61 Å². The standard InChI is InChI=1S/C15H15ClN2O2/c16-7-13-6-14(9-17-8-13)10-18-15(19)20-11-12-4-2-1-3-5-12/h1-6,8-9H,7,10-11H2,(H,18,19). The highest BCUT2D eigenvalue weighted by molar-refractivity contribution is 6.17. The first kappa shape index (κ1) is 14.3. The number of nitrogens with zero attached hydrogens (tertiary/aromatic N) is 1. The summed E-state index contributed by atoms with van der Waals surface area (Å²) >= 11 is 5.73. The Hall–Kier alpha value is -2.07. The monoisotopic (exact) mass is 290 g/mol. The van der Waals surface area contributed by atoms with E-state index in [1.165, 1.54) is 0 Å². The van der Waals surface area contributed by atoms with Crippen LogP contribution in [0.15, 0.2) is 48.8 Å². The third-order valence-corrected chi connectivity index (χ3v) is 2.96. The Morgan fingerprint density at radius 3 is 2.65 bits per heavy atom. The van der Waals surface area contributed by atoms with Gasteiger partial charge in [0.15, 0.2) is 0 Å². The Morgan fingerprint density at radius 2 is 1.90 bits per heavy atom. The van der Waals surface area contributed by atoms with Gasteiger partial charge in [0.1, 0.15) is 6.61 Å². The average molecular weight is 291 g/mol. The topological polar surface area (TPSA) is 51.2 Å². The molecule has 0 aliphatic rings. The van der Waals surface area contributed by atoms with Gasteiger partial charge in [-0.05, 0) is 22.8 Å². The molecule has 0 unspecified atom stereocenters. The molecule has 104 valence electrons. The summed E-state index contributed by atoms with van der Waals surface area (Å²) in [5.41, 5.74) is 2.76. The predicted octanol–water partition coefficient (Wildman–Crippen LogP) is 3.25. The second-order valence-corrected chi connectivity index (χ2v) is 4.52. The third kappa shape index (κ3) is 4.55. The zero-order valence-corrected chi connectivity index (χ0v) is 11.6. The van der Waals surface area contributed by atoms with Crippen LogP contribution < -0.4 is 5.32 Å². The van der Waals surface area contributed by atoms with E-state index in [0.717, 1.165) is 16.7 Å². The van der Waals surface area contributed by atoms with Crippen LogP contribution in [0.4, 0.5) is 4.79 Å². The lowest BCUT2D eigenvalue weighted by Crippen LogP contribution is -2.23. The van der Waals surface area contributed by atoms with Gasteiger partial charge >= 0.3 is 6.09 Å². The molecular weight excluding hydrogens is 276 g/mol. The van der Waals surface area contributed by atoms with E-state index in [4.69, 9.17) is 16.3 Å². The van der Waals surface area contributed by atoms with E-state index in [0.29, 0.717) is 12.4 Å². The number of hydrogen-bond donors (Lipinski definition) is 1. The minimum absolute atomic E-state index is 0.257. The van der Waals surface area contributed by atoms with Crippen molar-refractivity contribution in [1.29, 1.82) is 0 Å². The molecule has 0 fully saturated rings. The van der Waals surface area contributed by atoms with Gasteiger partial charge in [-0.2, -0.15) is 0 Å². The molecule has 2 rings (SSSR count). The smallest absolute Gasteiger partial charge is 0.407 e. The molecule has 20 heavy (non-hydrogen) atoms. The second kappa shape index (κ2) is 7.50. The van der Waals surface area contributed by atoms with Crippen molar-refractivity contribution in [3.8, 4) is 0 Å². The Morgan fingerprint density at radius 1 is 1.15 bits per heavy atom. The van der Waals surface area contributed by atoms with Crippen LogP contribution in [-0.4, -0.2) is 11.1 Å². The molecule has 2 aromatic rings. The molecule has 4 nitrogen and oxygen atoms in total. The maximum absolute atomic E-state index is 11.6. The number of alkyl carbamates (subject to hydrolysis) is 1. The van der Waals surface area contributed by atoms with Crippen molar-refractivity contribution in [2.45, 2.75) is 19.0 Å². The minimum atomic E-state index is -0.454. The number of alkyl halides is 1. The largest absolute Gasteiger partial charge is 0.445 e. The molecular formula is C15H15ClN2O2. The summed E-state index contributed by atoms with van der Waals surface area (Å²) in [5.74, 6) is 0.402. The highest BCUT2D eigenvalue weighted by Gasteiger charge is 2.03. The van der Waals surface area contributed by atoms with Crippen LogP contribution >= 0.6 is 11.6 Å². The van der Waals surface area contributed by atoms with Gasteiger partial charge in [0.05, 0.1) is 0 Å². The molecule has 1 aromatic heterocycles. The molecule has 0 bridgehead atoms. The number of ether oxygens (including phenoxy) is 1. The summed E-state index contributed by atoms with van der Waals surface area (Å²) in [6.07, 6.45) is 2.93. The van der Waals surface area contributed by atoms with Gasteiger partial charge in [0.2, 0.25) is 0 Å². The highest BCUT2D eigenvalue weighted by atomic mass is 35.5. The highest BCUT2D eigenvalue weighted by Crippen LogP contribution is 2.05. The number of carbonyl (C=O) groups is 1. The molecule has 0 saturated carbocycles. The van der Waals surface area contributed by atoms with Gasteiger partial charge in [-0.25, -0.2) is 4.79 Å². The summed E-state index contributed by atoms with van der Waals surface area (Å²) in [4.78, 5) is 15.6. The number of nitrogens with one attached hydrogen (secondary N) is 1. The van der Waals surface area contributed by atoms with Gasteiger partial charge in [-0.3, -0.25) is 4.98 Å². The molecule has 0 radical (unpaired) electrons. The number of amides is 1. The number of aromatic nitrogens is 1.